The molecule has 0 aliphatic heterocycles. The molecule has 1 aliphatic rings. The van der Waals surface area contributed by atoms with Gasteiger partial charge in [-0.2, -0.15) is 0 Å². The van der Waals surface area contributed by atoms with Crippen molar-refractivity contribution in [2.75, 3.05) is 0 Å². The van der Waals surface area contributed by atoms with E-state index in [-0.39, 0.29) is 5.92 Å². The van der Waals surface area contributed by atoms with Crippen molar-refractivity contribution in [2.24, 2.45) is 11.8 Å². The Morgan fingerprint density at radius 1 is 1.17 bits per heavy atom. The van der Waals surface area contributed by atoms with Gasteiger partial charge in [0.05, 0.1) is 0 Å². The maximum Gasteiger partial charge on any atom is 0.264 e. The second kappa shape index (κ2) is 4.17. The molecule has 12 heavy (non-hydrogen) atoms. The lowest BCUT2D eigenvalue weighted by molar-refractivity contribution is -0.0499. The molecule has 0 aromatic heterocycles. The van der Waals surface area contributed by atoms with Crippen molar-refractivity contribution in [1.82, 2.24) is 0 Å². The van der Waals surface area contributed by atoms with Crippen molar-refractivity contribution >= 4 is 0 Å². The Balaban J connectivity index is 2.34. The van der Waals surface area contributed by atoms with Gasteiger partial charge in [-0.3, -0.25) is 0 Å². The summed E-state index contributed by atoms with van der Waals surface area (Å²) in [4.78, 5) is 0. The normalized spacial score (nSPS) is 33.8. The molecule has 1 fully saturated rings. The summed E-state index contributed by atoms with van der Waals surface area (Å²) in [6.07, 6.45) is -0.483. The van der Waals surface area contributed by atoms with Gasteiger partial charge in [-0.25, -0.2) is 8.78 Å². The fourth-order valence-electron chi connectivity index (χ4n) is 1.83. The average molecular weight is 178 g/mol. The van der Waals surface area contributed by atoms with E-state index in [9.17, 15) is 8.78 Å². The van der Waals surface area contributed by atoms with E-state index in [4.69, 9.17) is 5.11 Å². The molecule has 1 rings (SSSR count). The zero-order valence-electron chi connectivity index (χ0n) is 7.34. The lowest BCUT2D eigenvalue weighted by Gasteiger charge is -2.29. The van der Waals surface area contributed by atoms with E-state index < -0.39 is 12.5 Å². The Labute approximate surface area is 71.8 Å². The molecule has 0 saturated heterocycles. The van der Waals surface area contributed by atoms with Crippen molar-refractivity contribution in [2.45, 2.75) is 45.1 Å². The van der Waals surface area contributed by atoms with Crippen LogP contribution in [-0.2, 0) is 0 Å². The zero-order chi connectivity index (χ0) is 9.14. The van der Waals surface area contributed by atoms with Gasteiger partial charge in [0.1, 0.15) is 6.10 Å². The number of rotatable bonds is 2. The molecule has 0 amide bonds. The van der Waals surface area contributed by atoms with Crippen molar-refractivity contribution < 1.29 is 13.9 Å². The molecule has 72 valence electrons. The zero-order valence-corrected chi connectivity index (χ0v) is 7.34. The predicted octanol–water partition coefficient (Wildman–Crippen LogP) is 2.44. The summed E-state index contributed by atoms with van der Waals surface area (Å²) in [7, 11) is 0. The molecule has 3 heteroatoms. The van der Waals surface area contributed by atoms with Gasteiger partial charge in [0.25, 0.3) is 6.43 Å². The Kier molecular flexibility index (Phi) is 3.44. The highest BCUT2D eigenvalue weighted by atomic mass is 19.3. The minimum absolute atomic E-state index is 0.166. The van der Waals surface area contributed by atoms with E-state index in [2.05, 4.69) is 6.92 Å². The summed E-state index contributed by atoms with van der Waals surface area (Å²) < 4.78 is 24.1. The first-order valence-electron chi connectivity index (χ1n) is 4.57. The van der Waals surface area contributed by atoms with E-state index in [1.165, 1.54) is 0 Å². The Morgan fingerprint density at radius 3 is 2.08 bits per heavy atom. The van der Waals surface area contributed by atoms with Crippen molar-refractivity contribution in [1.29, 1.82) is 0 Å². The van der Waals surface area contributed by atoms with Crippen LogP contribution in [-0.4, -0.2) is 17.6 Å². The Hall–Kier alpha value is -0.180. The monoisotopic (exact) mass is 178 g/mol. The van der Waals surface area contributed by atoms with Gasteiger partial charge in [0, 0.05) is 0 Å². The number of halogens is 2. The first-order chi connectivity index (χ1) is 5.61. The van der Waals surface area contributed by atoms with Crippen molar-refractivity contribution in [3.63, 3.8) is 0 Å². The van der Waals surface area contributed by atoms with Crippen LogP contribution in [0.3, 0.4) is 0 Å². The highest BCUT2D eigenvalue weighted by Crippen LogP contribution is 2.32. The summed E-state index contributed by atoms with van der Waals surface area (Å²) in [6, 6.07) is 0. The van der Waals surface area contributed by atoms with E-state index in [1.54, 1.807) is 0 Å². The predicted molar refractivity (Wildman–Crippen MR) is 43.1 cm³/mol. The number of aliphatic hydroxyl groups is 1. The number of hydrogen-bond donors (Lipinski definition) is 1. The summed E-state index contributed by atoms with van der Waals surface area (Å²) in [5.41, 5.74) is 0. The van der Waals surface area contributed by atoms with Crippen LogP contribution in [0, 0.1) is 11.8 Å². The lowest BCUT2D eigenvalue weighted by atomic mass is 9.80. The highest BCUT2D eigenvalue weighted by molar-refractivity contribution is 4.76. The summed E-state index contributed by atoms with van der Waals surface area (Å²) in [5, 5.41) is 9.09. The molecule has 0 bridgehead atoms. The molecule has 1 aliphatic carbocycles. The molecule has 1 unspecified atom stereocenters. The molecular weight excluding hydrogens is 162 g/mol. The summed E-state index contributed by atoms with van der Waals surface area (Å²) >= 11 is 0. The van der Waals surface area contributed by atoms with Crippen LogP contribution in [0.15, 0.2) is 0 Å². The van der Waals surface area contributed by atoms with Crippen LogP contribution in [0.25, 0.3) is 0 Å². The minimum atomic E-state index is -2.57. The van der Waals surface area contributed by atoms with E-state index in [0.717, 1.165) is 25.7 Å². The molecule has 0 radical (unpaired) electrons. The third-order valence-corrected chi connectivity index (χ3v) is 2.80. The van der Waals surface area contributed by atoms with Crippen LogP contribution >= 0.6 is 0 Å². The van der Waals surface area contributed by atoms with Gasteiger partial charge in [0.15, 0.2) is 0 Å². The smallest absolute Gasteiger partial charge is 0.264 e. The van der Waals surface area contributed by atoms with Crippen LogP contribution in [0.2, 0.25) is 0 Å². The van der Waals surface area contributed by atoms with Crippen LogP contribution in [0.5, 0.6) is 0 Å². The van der Waals surface area contributed by atoms with Gasteiger partial charge in [-0.15, -0.1) is 0 Å². The highest BCUT2D eigenvalue weighted by Gasteiger charge is 2.30. The van der Waals surface area contributed by atoms with E-state index in [1.807, 2.05) is 0 Å². The molecule has 0 heterocycles. The summed E-state index contributed by atoms with van der Waals surface area (Å²) in [5.74, 6) is 0.479. The maximum absolute atomic E-state index is 12.1. The molecule has 1 N–H and O–H groups in total. The molecule has 1 atom stereocenters. The molecule has 1 nitrogen and oxygen atoms in total. The van der Waals surface area contributed by atoms with Crippen LogP contribution in [0.4, 0.5) is 8.78 Å². The van der Waals surface area contributed by atoms with Gasteiger partial charge in [0.2, 0.25) is 0 Å². The van der Waals surface area contributed by atoms with Gasteiger partial charge < -0.3 is 5.11 Å². The summed E-state index contributed by atoms with van der Waals surface area (Å²) in [6.45, 7) is 2.13. The molecule has 0 aromatic carbocycles. The number of alkyl halides is 2. The second-order valence-corrected chi connectivity index (χ2v) is 3.84. The van der Waals surface area contributed by atoms with Gasteiger partial charge in [-0.05, 0) is 24.7 Å². The van der Waals surface area contributed by atoms with Crippen molar-refractivity contribution in [3.05, 3.63) is 0 Å². The minimum Gasteiger partial charge on any atom is -0.387 e. The first-order valence-corrected chi connectivity index (χ1v) is 4.57. The van der Waals surface area contributed by atoms with Crippen LogP contribution in [0.1, 0.15) is 32.6 Å². The quantitative estimate of drug-likeness (QED) is 0.688. The fraction of sp³-hybridized carbons (Fsp3) is 1.00. The molecule has 1 saturated carbocycles. The largest absolute Gasteiger partial charge is 0.387 e. The Morgan fingerprint density at radius 2 is 1.67 bits per heavy atom. The number of hydrogen-bond acceptors (Lipinski definition) is 1. The van der Waals surface area contributed by atoms with Crippen molar-refractivity contribution in [3.8, 4) is 0 Å². The topological polar surface area (TPSA) is 20.2 Å². The maximum atomic E-state index is 12.1. The second-order valence-electron chi connectivity index (χ2n) is 3.84. The van der Waals surface area contributed by atoms with E-state index in [0.29, 0.717) is 5.92 Å². The third kappa shape index (κ3) is 2.41. The molecule has 0 spiro atoms. The van der Waals surface area contributed by atoms with Crippen LogP contribution < -0.4 is 0 Å². The fourth-order valence-corrected chi connectivity index (χ4v) is 1.83. The van der Waals surface area contributed by atoms with Gasteiger partial charge >= 0.3 is 0 Å². The molecular formula is C9H16F2O. The first kappa shape index (κ1) is 9.90. The SMILES string of the molecule is CC1CCC(C(O)C(F)F)CC1. The Bertz CT molecular complexity index is 130. The molecule has 0 aromatic rings. The lowest BCUT2D eigenvalue weighted by Crippen LogP contribution is -2.30. The third-order valence-electron chi connectivity index (χ3n) is 2.80. The average Bonchev–Trinajstić information content (AvgIpc) is 2.04. The van der Waals surface area contributed by atoms with E-state index >= 15 is 0 Å². The van der Waals surface area contributed by atoms with Gasteiger partial charge in [-0.1, -0.05) is 19.8 Å². The number of aliphatic hydroxyl groups excluding tert-OH is 1. The standard InChI is InChI=1S/C9H16F2O/c1-6-2-4-7(5-3-6)8(12)9(10)11/h6-9,12H,2-5H2,1H3.